The summed E-state index contributed by atoms with van der Waals surface area (Å²) in [6.07, 6.45) is 4.08. The Balaban J connectivity index is 1.02. The molecule has 10 aromatic carbocycles. The summed E-state index contributed by atoms with van der Waals surface area (Å²) < 4.78 is 8.83. The molecular formula is C67H49N3OS. The summed E-state index contributed by atoms with van der Waals surface area (Å²) in [5.74, 6) is 0.836. The zero-order chi connectivity index (χ0) is 48.4. The second-order valence-corrected chi connectivity index (χ2v) is 19.0. The zero-order valence-electron chi connectivity index (χ0n) is 39.8. The Kier molecular flexibility index (Phi) is 11.8. The lowest BCUT2D eigenvalue weighted by Gasteiger charge is -2.33. The molecule has 0 saturated carbocycles. The van der Waals surface area contributed by atoms with Gasteiger partial charge in [0.2, 0.25) is 0 Å². The number of allylic oxidation sites excluding steroid dienone is 2. The van der Waals surface area contributed by atoms with E-state index < -0.39 is 0 Å². The fourth-order valence-electron chi connectivity index (χ4n) is 9.77. The first-order chi connectivity index (χ1) is 35.5. The number of benzene rings is 10. The van der Waals surface area contributed by atoms with Gasteiger partial charge in [0.05, 0.1) is 17.1 Å². The van der Waals surface area contributed by atoms with E-state index in [0.29, 0.717) is 0 Å². The highest BCUT2D eigenvalue weighted by atomic mass is 32.1. The number of fused-ring (bicyclic) bond motifs is 4. The number of hydrogen-bond acceptors (Lipinski definition) is 5. The number of anilines is 9. The van der Waals surface area contributed by atoms with Gasteiger partial charge < -0.3 is 19.1 Å². The maximum absolute atomic E-state index is 6.23. The largest absolute Gasteiger partial charge is 0.456 e. The van der Waals surface area contributed by atoms with Gasteiger partial charge in [-0.2, -0.15) is 0 Å². The number of aryl methyl sites for hydroxylation is 1. The lowest BCUT2D eigenvalue weighted by Crippen LogP contribution is -2.16. The molecule has 4 nitrogen and oxygen atoms in total. The van der Waals surface area contributed by atoms with Gasteiger partial charge in [-0.1, -0.05) is 152 Å². The van der Waals surface area contributed by atoms with Crippen LogP contribution in [0, 0.1) is 6.92 Å². The molecule has 2 aromatic heterocycles. The van der Waals surface area contributed by atoms with Gasteiger partial charge in [0, 0.05) is 65.2 Å². The Labute approximate surface area is 424 Å². The lowest BCUT2D eigenvalue weighted by molar-refractivity contribution is 0.601. The second-order valence-electron chi connectivity index (χ2n) is 17.9. The highest BCUT2D eigenvalue weighted by molar-refractivity contribution is 7.25. The van der Waals surface area contributed by atoms with Crippen molar-refractivity contribution in [3.8, 4) is 11.1 Å². The number of thiophene rings is 1. The SMILES string of the molecule is C=C(/C=C\c1oc2ccccc2c1C)c1ccc(N(c2ccc(-c3ccc4sc5ccccc5c4c3)cc2)c2cc(N(c3ccccc3)c3ccccc3)cc(N(c3ccccc3)c3ccccc3)c2)cc1. The molecule has 0 N–H and O–H groups in total. The Morgan fingerprint density at radius 1 is 0.389 bits per heavy atom. The number of furan rings is 1. The van der Waals surface area contributed by atoms with Crippen LogP contribution in [0.2, 0.25) is 0 Å². The van der Waals surface area contributed by atoms with Crippen LogP contribution in [0.1, 0.15) is 16.9 Å². The van der Waals surface area contributed by atoms with Gasteiger partial charge in [-0.05, 0) is 151 Å². The molecule has 0 aliphatic carbocycles. The molecular weight excluding hydrogens is 895 g/mol. The van der Waals surface area contributed by atoms with Crippen molar-refractivity contribution in [3.63, 3.8) is 0 Å². The van der Waals surface area contributed by atoms with Gasteiger partial charge in [0.15, 0.2) is 0 Å². The maximum atomic E-state index is 6.23. The summed E-state index contributed by atoms with van der Waals surface area (Å²) in [7, 11) is 0. The third kappa shape index (κ3) is 8.63. The number of nitrogens with zero attached hydrogens (tertiary/aromatic N) is 3. The van der Waals surface area contributed by atoms with Crippen molar-refractivity contribution in [1.29, 1.82) is 0 Å². The fraction of sp³-hybridized carbons (Fsp3) is 0.0149. The van der Waals surface area contributed by atoms with Crippen LogP contribution >= 0.6 is 11.3 Å². The second kappa shape index (κ2) is 19.3. The molecule has 2 heterocycles. The van der Waals surface area contributed by atoms with Gasteiger partial charge in [0.1, 0.15) is 11.3 Å². The number of rotatable bonds is 13. The smallest absolute Gasteiger partial charge is 0.135 e. The lowest BCUT2D eigenvalue weighted by atomic mass is 10.0. The summed E-state index contributed by atoms with van der Waals surface area (Å²) in [4.78, 5) is 7.06. The molecule has 0 aliphatic rings. The van der Waals surface area contributed by atoms with Crippen molar-refractivity contribution in [2.45, 2.75) is 6.92 Å². The molecule has 12 rings (SSSR count). The molecule has 0 aliphatic heterocycles. The molecule has 0 amide bonds. The van der Waals surface area contributed by atoms with Gasteiger partial charge >= 0.3 is 0 Å². The Morgan fingerprint density at radius 3 is 1.32 bits per heavy atom. The van der Waals surface area contributed by atoms with E-state index in [1.165, 1.54) is 25.7 Å². The van der Waals surface area contributed by atoms with Crippen molar-refractivity contribution < 1.29 is 4.42 Å². The van der Waals surface area contributed by atoms with E-state index in [9.17, 15) is 0 Å². The summed E-state index contributed by atoms with van der Waals surface area (Å²) in [6, 6.07) is 90.9. The van der Waals surface area contributed by atoms with E-state index in [2.05, 4.69) is 265 Å². The van der Waals surface area contributed by atoms with E-state index in [1.807, 2.05) is 41.7 Å². The molecule has 344 valence electrons. The summed E-state index contributed by atoms with van der Waals surface area (Å²) in [6.45, 7) is 6.61. The first kappa shape index (κ1) is 44.1. The molecule has 0 unspecified atom stereocenters. The Bertz CT molecular complexity index is 3700. The van der Waals surface area contributed by atoms with Crippen LogP contribution in [-0.4, -0.2) is 0 Å². The standard InChI is InChI=1S/C67H49N3OS/c1-47(31-41-64-48(2)61-27-15-17-29-65(61)71-64)49-32-37-56(38-33-49)70(57-39-34-50(35-40-57)51-36-42-67-63(43-51)62-28-16-18-30-66(62)72-67)60-45-58(68(52-19-7-3-8-20-52)53-21-9-4-10-22-53)44-59(46-60)69(54-23-11-5-12-24-54)55-25-13-6-14-26-55/h3-46H,1H2,2H3/b41-31-. The molecule has 0 spiro atoms. The van der Waals surface area contributed by atoms with Gasteiger partial charge in [-0.25, -0.2) is 0 Å². The third-order valence-corrected chi connectivity index (χ3v) is 14.5. The van der Waals surface area contributed by atoms with E-state index in [0.717, 1.165) is 90.2 Å². The topological polar surface area (TPSA) is 22.9 Å². The highest BCUT2D eigenvalue weighted by Gasteiger charge is 2.23. The van der Waals surface area contributed by atoms with Crippen molar-refractivity contribution in [1.82, 2.24) is 0 Å². The van der Waals surface area contributed by atoms with Crippen molar-refractivity contribution >= 4 is 105 Å². The zero-order valence-corrected chi connectivity index (χ0v) is 40.6. The predicted octanol–water partition coefficient (Wildman–Crippen LogP) is 19.9. The minimum Gasteiger partial charge on any atom is -0.456 e. The summed E-state index contributed by atoms with van der Waals surface area (Å²) in [5.41, 5.74) is 15.5. The van der Waals surface area contributed by atoms with Crippen LogP contribution in [0.25, 0.3) is 53.9 Å². The average molecular weight is 944 g/mol. The third-order valence-electron chi connectivity index (χ3n) is 13.4. The summed E-state index contributed by atoms with van der Waals surface area (Å²) in [5, 5.41) is 3.70. The van der Waals surface area contributed by atoms with Crippen LogP contribution < -0.4 is 14.7 Å². The van der Waals surface area contributed by atoms with Crippen LogP contribution in [-0.2, 0) is 0 Å². The molecule has 12 aromatic rings. The van der Waals surface area contributed by atoms with Gasteiger partial charge in [0.25, 0.3) is 0 Å². The number of para-hydroxylation sites is 5. The molecule has 0 atom stereocenters. The van der Waals surface area contributed by atoms with Gasteiger partial charge in [-0.15, -0.1) is 11.3 Å². The summed E-state index contributed by atoms with van der Waals surface area (Å²) >= 11 is 1.85. The van der Waals surface area contributed by atoms with Crippen LogP contribution in [0.15, 0.2) is 272 Å². The minimum atomic E-state index is 0.836. The van der Waals surface area contributed by atoms with Crippen molar-refractivity contribution in [3.05, 3.63) is 284 Å². The van der Waals surface area contributed by atoms with Gasteiger partial charge in [-0.3, -0.25) is 0 Å². The monoisotopic (exact) mass is 943 g/mol. The van der Waals surface area contributed by atoms with E-state index in [-0.39, 0.29) is 0 Å². The molecule has 72 heavy (non-hydrogen) atoms. The van der Waals surface area contributed by atoms with Crippen LogP contribution in [0.3, 0.4) is 0 Å². The van der Waals surface area contributed by atoms with Crippen molar-refractivity contribution in [2.24, 2.45) is 0 Å². The molecule has 0 radical (unpaired) electrons. The van der Waals surface area contributed by atoms with E-state index in [4.69, 9.17) is 4.42 Å². The predicted molar refractivity (Wildman–Crippen MR) is 308 cm³/mol. The quantitative estimate of drug-likeness (QED) is 0.107. The average Bonchev–Trinajstić information content (AvgIpc) is 3.98. The van der Waals surface area contributed by atoms with E-state index in [1.54, 1.807) is 0 Å². The molecule has 0 fully saturated rings. The molecule has 0 bridgehead atoms. The highest BCUT2D eigenvalue weighted by Crippen LogP contribution is 2.46. The first-order valence-corrected chi connectivity index (χ1v) is 25.1. The fourth-order valence-corrected chi connectivity index (χ4v) is 10.9. The molecule has 0 saturated heterocycles. The first-order valence-electron chi connectivity index (χ1n) is 24.3. The van der Waals surface area contributed by atoms with Crippen LogP contribution in [0.4, 0.5) is 51.2 Å². The van der Waals surface area contributed by atoms with Crippen molar-refractivity contribution in [2.75, 3.05) is 14.7 Å². The Hall–Kier alpha value is -9.16. The normalized spacial score (nSPS) is 11.4. The molecule has 5 heteroatoms. The minimum absolute atomic E-state index is 0.836. The maximum Gasteiger partial charge on any atom is 0.135 e. The van der Waals surface area contributed by atoms with E-state index >= 15 is 0 Å². The number of hydrogen-bond donors (Lipinski definition) is 0. The van der Waals surface area contributed by atoms with Crippen LogP contribution in [0.5, 0.6) is 0 Å². The Morgan fingerprint density at radius 2 is 0.806 bits per heavy atom.